The van der Waals surface area contributed by atoms with E-state index >= 15 is 0 Å². The molecule has 4 heteroatoms. The molecule has 19 heavy (non-hydrogen) atoms. The van der Waals surface area contributed by atoms with Crippen LogP contribution in [0.25, 0.3) is 0 Å². The number of amides is 1. The second-order valence-electron chi connectivity index (χ2n) is 5.54. The van der Waals surface area contributed by atoms with Gasteiger partial charge in [-0.05, 0) is 50.3 Å². The highest BCUT2D eigenvalue weighted by Crippen LogP contribution is 2.54. The summed E-state index contributed by atoms with van der Waals surface area (Å²) in [5.74, 6) is 6.46. The molecule has 1 fully saturated rings. The van der Waals surface area contributed by atoms with Gasteiger partial charge in [0.15, 0.2) is 0 Å². The van der Waals surface area contributed by atoms with Crippen LogP contribution in [0.2, 0.25) is 0 Å². The molecule has 1 aliphatic rings. The first-order chi connectivity index (χ1) is 8.85. The third kappa shape index (κ3) is 2.00. The molecule has 0 unspecified atom stereocenters. The van der Waals surface area contributed by atoms with Crippen LogP contribution >= 0.6 is 0 Å². The average molecular weight is 262 g/mol. The van der Waals surface area contributed by atoms with Crippen LogP contribution in [0.4, 0.5) is 0 Å². The molecule has 0 aliphatic heterocycles. The van der Waals surface area contributed by atoms with Crippen molar-refractivity contribution in [3.05, 3.63) is 28.3 Å². The van der Waals surface area contributed by atoms with Gasteiger partial charge in [-0.1, -0.05) is 6.07 Å². The summed E-state index contributed by atoms with van der Waals surface area (Å²) in [5.41, 5.74) is 3.93. The number of methoxy groups -OCH3 is 1. The van der Waals surface area contributed by atoms with E-state index in [2.05, 4.69) is 13.0 Å². The van der Waals surface area contributed by atoms with Gasteiger partial charge >= 0.3 is 0 Å². The highest BCUT2D eigenvalue weighted by Gasteiger charge is 2.54. The van der Waals surface area contributed by atoms with Crippen molar-refractivity contribution in [1.82, 2.24) is 5.01 Å². The predicted octanol–water partition coefficient (Wildman–Crippen LogP) is 1.98. The molecule has 0 radical (unpaired) electrons. The fraction of sp³-hybridized carbons (Fsp3) is 0.533. The molecular formula is C15H22N2O2. The van der Waals surface area contributed by atoms with Crippen molar-refractivity contribution in [1.29, 1.82) is 0 Å². The normalized spacial score (nSPS) is 16.1. The number of nitrogens with zero attached hydrogens (tertiary/aromatic N) is 1. The Labute approximate surface area is 114 Å². The number of ether oxygens (including phenoxy) is 1. The van der Waals surface area contributed by atoms with Gasteiger partial charge in [0.05, 0.1) is 12.5 Å². The number of carbonyl (C=O) groups excluding carboxylic acids is 1. The van der Waals surface area contributed by atoms with Crippen LogP contribution in [0.15, 0.2) is 6.07 Å². The predicted molar refractivity (Wildman–Crippen MR) is 75.1 cm³/mol. The summed E-state index contributed by atoms with van der Waals surface area (Å²) in [6, 6.07) is 2.12. The molecule has 0 heterocycles. The van der Waals surface area contributed by atoms with E-state index in [0.717, 1.165) is 35.3 Å². The number of rotatable bonds is 3. The maximum absolute atomic E-state index is 12.4. The highest BCUT2D eigenvalue weighted by atomic mass is 16.5. The Balaban J connectivity index is 2.63. The minimum atomic E-state index is -0.475. The van der Waals surface area contributed by atoms with Gasteiger partial charge in [0, 0.05) is 12.6 Å². The zero-order chi connectivity index (χ0) is 14.4. The van der Waals surface area contributed by atoms with Gasteiger partial charge < -0.3 is 4.74 Å². The summed E-state index contributed by atoms with van der Waals surface area (Å²) in [5, 5.41) is 1.20. The lowest BCUT2D eigenvalue weighted by Gasteiger charge is -2.25. The Morgan fingerprint density at radius 3 is 2.32 bits per heavy atom. The number of likely N-dealkylation sites (N-methyl/N-ethyl adjacent to an activating group) is 1. The zero-order valence-corrected chi connectivity index (χ0v) is 12.3. The van der Waals surface area contributed by atoms with E-state index in [1.165, 1.54) is 10.6 Å². The van der Waals surface area contributed by atoms with E-state index in [4.69, 9.17) is 10.6 Å². The number of aryl methyl sites for hydroxylation is 2. The van der Waals surface area contributed by atoms with E-state index in [1.807, 2.05) is 13.8 Å². The number of hydrogen-bond acceptors (Lipinski definition) is 3. The zero-order valence-electron chi connectivity index (χ0n) is 12.3. The molecule has 1 aromatic carbocycles. The van der Waals surface area contributed by atoms with Gasteiger partial charge in [-0.15, -0.1) is 0 Å². The largest absolute Gasteiger partial charge is 0.496 e. The van der Waals surface area contributed by atoms with Crippen LogP contribution < -0.4 is 10.6 Å². The first kappa shape index (κ1) is 13.9. The van der Waals surface area contributed by atoms with E-state index < -0.39 is 5.41 Å². The van der Waals surface area contributed by atoms with Crippen molar-refractivity contribution in [2.24, 2.45) is 5.84 Å². The van der Waals surface area contributed by atoms with Crippen molar-refractivity contribution in [3.8, 4) is 5.75 Å². The van der Waals surface area contributed by atoms with E-state index in [0.29, 0.717) is 0 Å². The van der Waals surface area contributed by atoms with Gasteiger partial charge in [0.25, 0.3) is 0 Å². The number of hydrogen-bond donors (Lipinski definition) is 1. The Kier molecular flexibility index (Phi) is 3.31. The summed E-state index contributed by atoms with van der Waals surface area (Å²) in [4.78, 5) is 12.4. The summed E-state index contributed by atoms with van der Waals surface area (Å²) in [6.45, 7) is 6.13. The van der Waals surface area contributed by atoms with Gasteiger partial charge in [-0.25, -0.2) is 5.84 Å². The van der Waals surface area contributed by atoms with Crippen molar-refractivity contribution >= 4 is 5.91 Å². The standard InChI is InChI=1S/C15H22N2O2/c1-9-8-10(2)12(13(19-5)11(9)3)15(6-7-15)14(18)17(4)16/h8H,6-7,16H2,1-5H3. The Morgan fingerprint density at radius 1 is 1.32 bits per heavy atom. The van der Waals surface area contributed by atoms with Crippen LogP contribution in [0.5, 0.6) is 5.75 Å². The van der Waals surface area contributed by atoms with Crippen molar-refractivity contribution < 1.29 is 9.53 Å². The first-order valence-electron chi connectivity index (χ1n) is 6.53. The monoisotopic (exact) mass is 262 g/mol. The molecule has 0 spiro atoms. The van der Waals surface area contributed by atoms with Crippen LogP contribution in [0.1, 0.15) is 35.1 Å². The second-order valence-corrected chi connectivity index (χ2v) is 5.54. The fourth-order valence-electron chi connectivity index (χ4n) is 2.93. The van der Waals surface area contributed by atoms with Crippen LogP contribution in [0, 0.1) is 20.8 Å². The number of hydrazine groups is 1. The molecular weight excluding hydrogens is 240 g/mol. The van der Waals surface area contributed by atoms with Gasteiger partial charge in [-0.2, -0.15) is 0 Å². The summed E-state index contributed by atoms with van der Waals surface area (Å²) >= 11 is 0. The number of benzene rings is 1. The minimum Gasteiger partial charge on any atom is -0.496 e. The number of carbonyl (C=O) groups is 1. The van der Waals surface area contributed by atoms with Gasteiger partial charge in [0.1, 0.15) is 5.75 Å². The molecule has 0 bridgehead atoms. The van der Waals surface area contributed by atoms with E-state index in [-0.39, 0.29) is 5.91 Å². The average Bonchev–Trinajstić information content (AvgIpc) is 3.13. The Bertz CT molecular complexity index is 531. The van der Waals surface area contributed by atoms with E-state index in [1.54, 1.807) is 14.2 Å². The molecule has 104 valence electrons. The third-order valence-electron chi connectivity index (χ3n) is 4.15. The van der Waals surface area contributed by atoms with Crippen LogP contribution in [0.3, 0.4) is 0 Å². The molecule has 2 N–H and O–H groups in total. The van der Waals surface area contributed by atoms with Crippen LogP contribution in [-0.4, -0.2) is 25.1 Å². The smallest absolute Gasteiger partial charge is 0.247 e. The Hall–Kier alpha value is -1.55. The summed E-state index contributed by atoms with van der Waals surface area (Å²) < 4.78 is 5.58. The van der Waals surface area contributed by atoms with Gasteiger partial charge in [-0.3, -0.25) is 9.80 Å². The molecule has 1 saturated carbocycles. The second kappa shape index (κ2) is 4.53. The lowest BCUT2D eigenvalue weighted by Crippen LogP contribution is -2.41. The molecule has 4 nitrogen and oxygen atoms in total. The maximum Gasteiger partial charge on any atom is 0.247 e. The molecule has 1 amide bonds. The SMILES string of the molecule is COc1c(C)c(C)cc(C)c1C1(C(=O)N(C)N)CC1. The first-order valence-corrected chi connectivity index (χ1v) is 6.53. The topological polar surface area (TPSA) is 55.6 Å². The molecule has 1 aliphatic carbocycles. The molecule has 0 saturated heterocycles. The van der Waals surface area contributed by atoms with Crippen molar-refractivity contribution in [2.75, 3.05) is 14.2 Å². The minimum absolute atomic E-state index is 0.0304. The summed E-state index contributed by atoms with van der Waals surface area (Å²) in [6.07, 6.45) is 1.68. The van der Waals surface area contributed by atoms with Gasteiger partial charge in [0.2, 0.25) is 5.91 Å². The van der Waals surface area contributed by atoms with Crippen molar-refractivity contribution in [2.45, 2.75) is 39.0 Å². The number of nitrogens with two attached hydrogens (primary N) is 1. The summed E-state index contributed by atoms with van der Waals surface area (Å²) in [7, 11) is 3.27. The lowest BCUT2D eigenvalue weighted by molar-refractivity contribution is -0.132. The molecule has 0 atom stereocenters. The fourth-order valence-corrected chi connectivity index (χ4v) is 2.93. The Morgan fingerprint density at radius 2 is 1.89 bits per heavy atom. The quantitative estimate of drug-likeness (QED) is 0.515. The lowest BCUT2D eigenvalue weighted by atomic mass is 9.86. The highest BCUT2D eigenvalue weighted by molar-refractivity contribution is 5.92. The molecule has 2 rings (SSSR count). The third-order valence-corrected chi connectivity index (χ3v) is 4.15. The maximum atomic E-state index is 12.4. The van der Waals surface area contributed by atoms with E-state index in [9.17, 15) is 4.79 Å². The van der Waals surface area contributed by atoms with Crippen LogP contribution in [-0.2, 0) is 10.2 Å². The molecule has 1 aromatic rings. The van der Waals surface area contributed by atoms with Crippen molar-refractivity contribution in [3.63, 3.8) is 0 Å². The molecule has 0 aromatic heterocycles.